The zero-order chi connectivity index (χ0) is 17.5. The molecule has 2 aromatic rings. The zero-order valence-corrected chi connectivity index (χ0v) is 15.2. The lowest BCUT2D eigenvalue weighted by molar-refractivity contribution is -0.119. The van der Waals surface area contributed by atoms with Crippen molar-refractivity contribution < 1.29 is 13.9 Å². The molecule has 1 saturated carbocycles. The highest BCUT2D eigenvalue weighted by atomic mass is 32.2. The molecule has 0 aliphatic heterocycles. The lowest BCUT2D eigenvalue weighted by Crippen LogP contribution is -2.35. The molecule has 134 valence electrons. The maximum absolute atomic E-state index is 12.1. The highest BCUT2D eigenvalue weighted by molar-refractivity contribution is 7.99. The number of rotatable bonds is 6. The first-order valence-corrected chi connectivity index (χ1v) is 9.63. The first-order chi connectivity index (χ1) is 12.2. The summed E-state index contributed by atoms with van der Waals surface area (Å²) in [5, 5.41) is 11.6. The van der Waals surface area contributed by atoms with Crippen LogP contribution < -0.4 is 10.1 Å². The molecule has 1 N–H and O–H groups in total. The number of hydrogen-bond acceptors (Lipinski definition) is 6. The summed E-state index contributed by atoms with van der Waals surface area (Å²) in [6, 6.07) is 7.71. The van der Waals surface area contributed by atoms with Gasteiger partial charge in [-0.1, -0.05) is 37.4 Å². The monoisotopic (exact) mass is 361 g/mol. The van der Waals surface area contributed by atoms with Gasteiger partial charge in [0.25, 0.3) is 5.22 Å². The van der Waals surface area contributed by atoms with E-state index in [2.05, 4.69) is 15.5 Å². The number of benzene rings is 1. The number of ether oxygens (including phenoxy) is 1. The molecule has 6 nitrogen and oxygen atoms in total. The molecule has 0 bridgehead atoms. The number of carbonyl (C=O) groups excluding carboxylic acids is 1. The summed E-state index contributed by atoms with van der Waals surface area (Å²) in [6.07, 6.45) is 7.12. The molecular weight excluding hydrogens is 338 g/mol. The van der Waals surface area contributed by atoms with Crippen molar-refractivity contribution in [2.45, 2.75) is 49.8 Å². The Bertz CT molecular complexity index is 679. The fourth-order valence-electron chi connectivity index (χ4n) is 2.94. The Morgan fingerprint density at radius 2 is 1.92 bits per heavy atom. The lowest BCUT2D eigenvalue weighted by atomic mass is 10.1. The van der Waals surface area contributed by atoms with Gasteiger partial charge < -0.3 is 14.5 Å². The number of nitrogens with one attached hydrogen (secondary N) is 1. The number of amides is 1. The quantitative estimate of drug-likeness (QED) is 0.625. The minimum absolute atomic E-state index is 0.0288. The normalized spacial score (nSPS) is 15.6. The molecule has 0 saturated heterocycles. The van der Waals surface area contributed by atoms with Gasteiger partial charge in [-0.15, -0.1) is 10.2 Å². The number of aromatic nitrogens is 2. The molecular formula is C18H23N3O3S. The molecule has 0 spiro atoms. The molecule has 0 unspecified atom stereocenters. The molecule has 1 heterocycles. The maximum Gasteiger partial charge on any atom is 0.277 e. The van der Waals surface area contributed by atoms with Crippen molar-refractivity contribution in [3.63, 3.8) is 0 Å². The first-order valence-electron chi connectivity index (χ1n) is 8.64. The van der Waals surface area contributed by atoms with Crippen LogP contribution in [0.5, 0.6) is 5.75 Å². The van der Waals surface area contributed by atoms with E-state index in [1.165, 1.54) is 37.4 Å². The van der Waals surface area contributed by atoms with Crippen LogP contribution in [0.3, 0.4) is 0 Å². The number of hydrogen-bond donors (Lipinski definition) is 1. The fourth-order valence-corrected chi connectivity index (χ4v) is 3.51. The van der Waals surface area contributed by atoms with Gasteiger partial charge in [0.1, 0.15) is 5.75 Å². The topological polar surface area (TPSA) is 77.2 Å². The van der Waals surface area contributed by atoms with E-state index in [1.807, 2.05) is 24.3 Å². The smallest absolute Gasteiger partial charge is 0.277 e. The van der Waals surface area contributed by atoms with Crippen LogP contribution in [0, 0.1) is 0 Å². The van der Waals surface area contributed by atoms with Crippen LogP contribution in [0.1, 0.15) is 38.5 Å². The van der Waals surface area contributed by atoms with Gasteiger partial charge in [-0.05, 0) is 37.1 Å². The van der Waals surface area contributed by atoms with E-state index >= 15 is 0 Å². The Morgan fingerprint density at radius 1 is 1.20 bits per heavy atom. The molecule has 0 atom stereocenters. The van der Waals surface area contributed by atoms with Gasteiger partial charge in [-0.25, -0.2) is 0 Å². The number of methoxy groups -OCH3 is 1. The Kier molecular flexibility index (Phi) is 6.33. The van der Waals surface area contributed by atoms with Gasteiger partial charge in [-0.2, -0.15) is 0 Å². The van der Waals surface area contributed by atoms with Crippen LogP contribution in [0.2, 0.25) is 0 Å². The second kappa shape index (κ2) is 8.89. The van der Waals surface area contributed by atoms with Crippen molar-refractivity contribution in [2.75, 3.05) is 12.9 Å². The molecule has 3 rings (SSSR count). The largest absolute Gasteiger partial charge is 0.497 e. The molecule has 1 aromatic heterocycles. The SMILES string of the molecule is COc1ccc(-c2nnc(SCC(=O)NC3CCCCCC3)o2)cc1. The summed E-state index contributed by atoms with van der Waals surface area (Å²) in [4.78, 5) is 12.1. The predicted octanol–water partition coefficient (Wildman–Crippen LogP) is 3.68. The van der Waals surface area contributed by atoms with Crippen LogP contribution in [0.4, 0.5) is 0 Å². The third-order valence-electron chi connectivity index (χ3n) is 4.29. The summed E-state index contributed by atoms with van der Waals surface area (Å²) in [7, 11) is 1.62. The van der Waals surface area contributed by atoms with Crippen LogP contribution in [0.15, 0.2) is 33.9 Å². The Balaban J connectivity index is 1.49. The van der Waals surface area contributed by atoms with Gasteiger partial charge in [0.05, 0.1) is 12.9 Å². The van der Waals surface area contributed by atoms with Crippen LogP contribution in [-0.4, -0.2) is 35.0 Å². The van der Waals surface area contributed by atoms with E-state index < -0.39 is 0 Å². The first kappa shape index (κ1) is 17.8. The van der Waals surface area contributed by atoms with Crippen molar-refractivity contribution in [3.05, 3.63) is 24.3 Å². The van der Waals surface area contributed by atoms with Crippen molar-refractivity contribution in [1.29, 1.82) is 0 Å². The average Bonchev–Trinajstić information content (AvgIpc) is 2.97. The van der Waals surface area contributed by atoms with E-state index in [4.69, 9.17) is 9.15 Å². The van der Waals surface area contributed by atoms with E-state index in [0.29, 0.717) is 22.9 Å². The number of nitrogens with zero attached hydrogens (tertiary/aromatic N) is 2. The summed E-state index contributed by atoms with van der Waals surface area (Å²) >= 11 is 1.27. The van der Waals surface area contributed by atoms with E-state index in [0.717, 1.165) is 24.2 Å². The van der Waals surface area contributed by atoms with Crippen LogP contribution in [0.25, 0.3) is 11.5 Å². The number of carbonyl (C=O) groups is 1. The van der Waals surface area contributed by atoms with E-state index in [9.17, 15) is 4.79 Å². The summed E-state index contributed by atoms with van der Waals surface area (Å²) in [5.41, 5.74) is 0.822. The highest BCUT2D eigenvalue weighted by Crippen LogP contribution is 2.25. The fraction of sp³-hybridized carbons (Fsp3) is 0.500. The Labute approximate surface area is 151 Å². The molecule has 0 radical (unpaired) electrons. The molecule has 25 heavy (non-hydrogen) atoms. The van der Waals surface area contributed by atoms with Crippen molar-refractivity contribution in [2.24, 2.45) is 0 Å². The minimum atomic E-state index is 0.0288. The van der Waals surface area contributed by atoms with Crippen molar-refractivity contribution in [1.82, 2.24) is 15.5 Å². The zero-order valence-electron chi connectivity index (χ0n) is 14.4. The van der Waals surface area contributed by atoms with E-state index in [-0.39, 0.29) is 5.91 Å². The summed E-state index contributed by atoms with van der Waals surface area (Å²) < 4.78 is 10.8. The Morgan fingerprint density at radius 3 is 2.60 bits per heavy atom. The van der Waals surface area contributed by atoms with Crippen LogP contribution in [-0.2, 0) is 4.79 Å². The summed E-state index contributed by atoms with van der Waals surface area (Å²) in [6.45, 7) is 0. The van der Waals surface area contributed by atoms with Crippen molar-refractivity contribution >= 4 is 17.7 Å². The lowest BCUT2D eigenvalue weighted by Gasteiger charge is -2.15. The maximum atomic E-state index is 12.1. The molecule has 1 aromatic carbocycles. The van der Waals surface area contributed by atoms with Crippen LogP contribution >= 0.6 is 11.8 Å². The van der Waals surface area contributed by atoms with Gasteiger partial charge in [-0.3, -0.25) is 4.79 Å². The van der Waals surface area contributed by atoms with E-state index in [1.54, 1.807) is 7.11 Å². The summed E-state index contributed by atoms with van der Waals surface area (Å²) in [5.74, 6) is 1.53. The predicted molar refractivity (Wildman–Crippen MR) is 96.6 cm³/mol. The second-order valence-corrected chi connectivity index (χ2v) is 7.07. The second-order valence-electron chi connectivity index (χ2n) is 6.15. The average molecular weight is 361 g/mol. The third-order valence-corrected chi connectivity index (χ3v) is 5.11. The molecule has 1 aliphatic rings. The van der Waals surface area contributed by atoms with Gasteiger partial charge in [0, 0.05) is 11.6 Å². The third kappa shape index (κ3) is 5.22. The molecule has 1 fully saturated rings. The minimum Gasteiger partial charge on any atom is -0.497 e. The molecule has 7 heteroatoms. The molecule has 1 amide bonds. The molecule has 1 aliphatic carbocycles. The van der Waals surface area contributed by atoms with Crippen molar-refractivity contribution in [3.8, 4) is 17.2 Å². The number of thioether (sulfide) groups is 1. The Hall–Kier alpha value is -2.02. The standard InChI is InChI=1S/C18H23N3O3S/c1-23-15-10-8-13(9-11-15)17-20-21-18(24-17)25-12-16(22)19-14-6-4-2-3-5-7-14/h8-11,14H,2-7,12H2,1H3,(H,19,22). The highest BCUT2D eigenvalue weighted by Gasteiger charge is 2.16. The van der Waals surface area contributed by atoms with Gasteiger partial charge >= 0.3 is 0 Å². The van der Waals surface area contributed by atoms with Gasteiger partial charge in [0.2, 0.25) is 11.8 Å². The van der Waals surface area contributed by atoms with Gasteiger partial charge in [0.15, 0.2) is 0 Å².